The molecule has 0 amide bonds. The molecule has 1 aromatic rings. The van der Waals surface area contributed by atoms with Crippen molar-refractivity contribution in [2.45, 2.75) is 39.2 Å². The number of nitrogens with one attached hydrogen (secondary N) is 2. The summed E-state index contributed by atoms with van der Waals surface area (Å²) in [6, 6.07) is 1.52. The molecule has 0 saturated carbocycles. The lowest BCUT2D eigenvalue weighted by Gasteiger charge is -2.29. The fourth-order valence-electron chi connectivity index (χ4n) is 1.22. The maximum absolute atomic E-state index is 11.0. The molecular weight excluding hydrogens is 178 g/mol. The molecule has 1 aromatic heterocycles. The summed E-state index contributed by atoms with van der Waals surface area (Å²) in [6.45, 7) is 6.38. The number of rotatable bonds is 4. The Kier molecular flexibility index (Phi) is 3.28. The number of H-pyrrole nitrogens is 1. The Labute approximate surface area is 83.7 Å². The second kappa shape index (κ2) is 4.26. The van der Waals surface area contributed by atoms with Crippen LogP contribution in [-0.2, 0) is 0 Å². The van der Waals surface area contributed by atoms with Gasteiger partial charge in [-0.05, 0) is 19.8 Å². The highest BCUT2D eigenvalue weighted by atomic mass is 16.1. The molecule has 0 aliphatic carbocycles. The van der Waals surface area contributed by atoms with Gasteiger partial charge in [0.15, 0.2) is 0 Å². The molecule has 0 unspecified atom stereocenters. The average molecular weight is 195 g/mol. The highest BCUT2D eigenvalue weighted by Crippen LogP contribution is 2.19. The van der Waals surface area contributed by atoms with Crippen molar-refractivity contribution in [1.29, 1.82) is 0 Å². The van der Waals surface area contributed by atoms with E-state index in [0.717, 1.165) is 18.5 Å². The molecule has 0 spiro atoms. The van der Waals surface area contributed by atoms with Gasteiger partial charge >= 0.3 is 0 Å². The van der Waals surface area contributed by atoms with Gasteiger partial charge in [-0.1, -0.05) is 13.8 Å². The molecule has 0 aliphatic heterocycles. The molecule has 0 atom stereocenters. The van der Waals surface area contributed by atoms with Crippen LogP contribution in [0.4, 0.5) is 5.69 Å². The Morgan fingerprint density at radius 3 is 2.64 bits per heavy atom. The summed E-state index contributed by atoms with van der Waals surface area (Å²) in [7, 11) is 0. The predicted molar refractivity (Wildman–Crippen MR) is 57.5 cm³/mol. The molecule has 0 saturated heterocycles. The lowest BCUT2D eigenvalue weighted by atomic mass is 9.95. The number of aromatic nitrogens is 2. The van der Waals surface area contributed by atoms with Crippen molar-refractivity contribution in [3.05, 3.63) is 22.6 Å². The average Bonchev–Trinajstić information content (AvgIpc) is 2.18. The van der Waals surface area contributed by atoms with Crippen LogP contribution in [0.2, 0.25) is 0 Å². The fourth-order valence-corrected chi connectivity index (χ4v) is 1.22. The number of hydrogen-bond acceptors (Lipinski definition) is 3. The Hall–Kier alpha value is -1.32. The molecule has 1 rings (SSSR count). The van der Waals surface area contributed by atoms with Gasteiger partial charge in [0, 0.05) is 11.6 Å². The van der Waals surface area contributed by atoms with Gasteiger partial charge in [0.2, 0.25) is 0 Å². The molecule has 0 aromatic carbocycles. The summed E-state index contributed by atoms with van der Waals surface area (Å²) in [6.07, 6.45) is 3.65. The molecule has 78 valence electrons. The van der Waals surface area contributed by atoms with E-state index in [2.05, 4.69) is 36.3 Å². The van der Waals surface area contributed by atoms with Crippen molar-refractivity contribution < 1.29 is 0 Å². The first-order chi connectivity index (χ1) is 6.59. The van der Waals surface area contributed by atoms with Crippen molar-refractivity contribution in [1.82, 2.24) is 10.2 Å². The molecular formula is C10H17N3O. The van der Waals surface area contributed by atoms with E-state index in [0.29, 0.717) is 0 Å². The molecule has 0 bridgehead atoms. The summed E-state index contributed by atoms with van der Waals surface area (Å²) in [5.41, 5.74) is 0.639. The number of nitrogens with zero attached hydrogens (tertiary/aromatic N) is 1. The Bertz CT molecular complexity index is 341. The largest absolute Gasteiger partial charge is 0.378 e. The fraction of sp³-hybridized carbons (Fsp3) is 0.600. The van der Waals surface area contributed by atoms with Crippen molar-refractivity contribution in [3.8, 4) is 0 Å². The lowest BCUT2D eigenvalue weighted by molar-refractivity contribution is 0.478. The highest BCUT2D eigenvalue weighted by molar-refractivity contribution is 5.41. The van der Waals surface area contributed by atoms with Gasteiger partial charge in [0.1, 0.15) is 0 Å². The molecule has 14 heavy (non-hydrogen) atoms. The van der Waals surface area contributed by atoms with Crippen molar-refractivity contribution in [2.75, 3.05) is 5.32 Å². The number of anilines is 1. The summed E-state index contributed by atoms with van der Waals surface area (Å²) >= 11 is 0. The van der Waals surface area contributed by atoms with Crippen LogP contribution < -0.4 is 10.9 Å². The predicted octanol–water partition coefficient (Wildman–Crippen LogP) is 1.76. The lowest BCUT2D eigenvalue weighted by Crippen LogP contribution is -2.33. The van der Waals surface area contributed by atoms with Gasteiger partial charge < -0.3 is 5.32 Å². The molecule has 4 nitrogen and oxygen atoms in total. The Morgan fingerprint density at radius 1 is 1.50 bits per heavy atom. The number of aromatic amines is 1. The second-order valence-corrected chi connectivity index (χ2v) is 3.73. The summed E-state index contributed by atoms with van der Waals surface area (Å²) in [4.78, 5) is 11.0. The minimum Gasteiger partial charge on any atom is -0.378 e. The second-order valence-electron chi connectivity index (χ2n) is 3.73. The monoisotopic (exact) mass is 195 g/mol. The van der Waals surface area contributed by atoms with E-state index in [-0.39, 0.29) is 11.1 Å². The van der Waals surface area contributed by atoms with E-state index in [1.54, 1.807) is 6.20 Å². The first-order valence-corrected chi connectivity index (χ1v) is 4.92. The maximum Gasteiger partial charge on any atom is 0.266 e. The van der Waals surface area contributed by atoms with Crippen LogP contribution in [0.15, 0.2) is 17.1 Å². The van der Waals surface area contributed by atoms with E-state index in [4.69, 9.17) is 0 Å². The summed E-state index contributed by atoms with van der Waals surface area (Å²) < 4.78 is 0. The normalized spacial score (nSPS) is 11.4. The van der Waals surface area contributed by atoms with E-state index in [1.807, 2.05) is 0 Å². The van der Waals surface area contributed by atoms with Crippen molar-refractivity contribution >= 4 is 5.69 Å². The van der Waals surface area contributed by atoms with Gasteiger partial charge in [-0.2, -0.15) is 5.10 Å². The van der Waals surface area contributed by atoms with E-state index >= 15 is 0 Å². The third-order valence-corrected chi connectivity index (χ3v) is 2.67. The highest BCUT2D eigenvalue weighted by Gasteiger charge is 2.18. The van der Waals surface area contributed by atoms with Crippen LogP contribution in [0.1, 0.15) is 33.6 Å². The molecule has 2 N–H and O–H groups in total. The smallest absolute Gasteiger partial charge is 0.266 e. The molecule has 0 fully saturated rings. The van der Waals surface area contributed by atoms with E-state index in [9.17, 15) is 4.79 Å². The topological polar surface area (TPSA) is 57.8 Å². The summed E-state index contributed by atoms with van der Waals surface area (Å²) in [5, 5.41) is 9.40. The zero-order chi connectivity index (χ0) is 10.6. The summed E-state index contributed by atoms with van der Waals surface area (Å²) in [5.74, 6) is 0. The van der Waals surface area contributed by atoms with Crippen LogP contribution in [0.3, 0.4) is 0 Å². The van der Waals surface area contributed by atoms with Gasteiger partial charge in [0.25, 0.3) is 5.56 Å². The third kappa shape index (κ3) is 2.58. The Morgan fingerprint density at radius 2 is 2.14 bits per heavy atom. The van der Waals surface area contributed by atoms with Crippen LogP contribution in [0, 0.1) is 0 Å². The quantitative estimate of drug-likeness (QED) is 0.769. The maximum atomic E-state index is 11.0. The van der Waals surface area contributed by atoms with E-state index < -0.39 is 0 Å². The van der Waals surface area contributed by atoms with Gasteiger partial charge in [-0.25, -0.2) is 5.10 Å². The number of hydrogen-bond donors (Lipinski definition) is 2. The van der Waals surface area contributed by atoms with Gasteiger partial charge in [-0.3, -0.25) is 4.79 Å². The Balaban J connectivity index is 2.82. The minimum atomic E-state index is -0.176. The third-order valence-electron chi connectivity index (χ3n) is 2.67. The van der Waals surface area contributed by atoms with Crippen LogP contribution in [0.5, 0.6) is 0 Å². The molecule has 4 heteroatoms. The van der Waals surface area contributed by atoms with Crippen LogP contribution in [-0.4, -0.2) is 15.7 Å². The minimum absolute atomic E-state index is 0.0372. The van der Waals surface area contributed by atoms with E-state index in [1.165, 1.54) is 6.07 Å². The SMILES string of the molecule is CCC(C)(CC)Nc1cn[nH]c(=O)c1. The standard InChI is InChI=1S/C10H17N3O/c1-4-10(3,5-2)12-8-6-9(14)13-11-7-8/h6-7H,4-5H2,1-3H3,(H2,12,13,14). The van der Waals surface area contributed by atoms with Crippen molar-refractivity contribution in [3.63, 3.8) is 0 Å². The molecule has 0 aliphatic rings. The zero-order valence-electron chi connectivity index (χ0n) is 8.92. The molecule has 0 radical (unpaired) electrons. The van der Waals surface area contributed by atoms with Crippen LogP contribution >= 0.6 is 0 Å². The van der Waals surface area contributed by atoms with Crippen LogP contribution in [0.25, 0.3) is 0 Å². The first kappa shape index (κ1) is 10.8. The van der Waals surface area contributed by atoms with Gasteiger partial charge in [-0.15, -0.1) is 0 Å². The van der Waals surface area contributed by atoms with Crippen molar-refractivity contribution in [2.24, 2.45) is 0 Å². The van der Waals surface area contributed by atoms with Gasteiger partial charge in [0.05, 0.1) is 11.9 Å². The molecule has 1 heterocycles. The first-order valence-electron chi connectivity index (χ1n) is 4.92. The zero-order valence-corrected chi connectivity index (χ0v) is 8.92.